The Morgan fingerprint density at radius 2 is 2.18 bits per heavy atom. The van der Waals surface area contributed by atoms with Gasteiger partial charge in [0.15, 0.2) is 0 Å². The lowest BCUT2D eigenvalue weighted by Crippen LogP contribution is -2.37. The van der Waals surface area contributed by atoms with Crippen LogP contribution in [0.1, 0.15) is 19.7 Å². The van der Waals surface area contributed by atoms with Crippen LogP contribution in [0.5, 0.6) is 0 Å². The summed E-state index contributed by atoms with van der Waals surface area (Å²) in [6, 6.07) is -0.663. The Kier molecular flexibility index (Phi) is 4.27. The summed E-state index contributed by atoms with van der Waals surface area (Å²) in [7, 11) is 0. The van der Waals surface area contributed by atoms with Gasteiger partial charge < -0.3 is 10.6 Å². The van der Waals surface area contributed by atoms with Crippen LogP contribution in [-0.4, -0.2) is 27.9 Å². The summed E-state index contributed by atoms with van der Waals surface area (Å²) in [5, 5.41) is 5.06. The molecule has 0 bridgehead atoms. The molecule has 1 atom stereocenters. The van der Waals surface area contributed by atoms with Gasteiger partial charge in [-0.15, -0.1) is 0 Å². The quantitative estimate of drug-likeness (QED) is 0.868. The van der Waals surface area contributed by atoms with Crippen LogP contribution >= 0.6 is 11.5 Å². The highest BCUT2D eigenvalue weighted by molar-refractivity contribution is 7.09. The highest BCUT2D eigenvalue weighted by atomic mass is 32.1. The van der Waals surface area contributed by atoms with Crippen molar-refractivity contribution >= 4 is 22.6 Å². The van der Waals surface area contributed by atoms with E-state index < -0.39 is 18.0 Å². The number of halogens is 3. The van der Waals surface area contributed by atoms with E-state index in [1.54, 1.807) is 6.92 Å². The molecule has 96 valence electrons. The van der Waals surface area contributed by atoms with Crippen LogP contribution in [0.4, 0.5) is 18.3 Å². The van der Waals surface area contributed by atoms with Crippen molar-refractivity contribution in [2.45, 2.75) is 26.1 Å². The van der Waals surface area contributed by atoms with Crippen LogP contribution < -0.4 is 10.6 Å². The molecule has 0 saturated heterocycles. The second kappa shape index (κ2) is 5.30. The van der Waals surface area contributed by atoms with E-state index in [1.807, 2.05) is 0 Å². The lowest BCUT2D eigenvalue weighted by Gasteiger charge is -2.11. The molecule has 0 saturated carbocycles. The number of anilines is 1. The number of amides is 1. The van der Waals surface area contributed by atoms with E-state index in [-0.39, 0.29) is 11.0 Å². The molecule has 1 heterocycles. The summed E-state index contributed by atoms with van der Waals surface area (Å²) in [5.41, 5.74) is 0. The second-order valence-electron chi connectivity index (χ2n) is 3.18. The van der Waals surface area contributed by atoms with Crippen LogP contribution in [0.3, 0.4) is 0 Å². The van der Waals surface area contributed by atoms with Crippen molar-refractivity contribution in [3.63, 3.8) is 0 Å². The minimum Gasteiger partial charge on any atom is -0.355 e. The summed E-state index contributed by atoms with van der Waals surface area (Å²) in [5.74, 6) is -1.51. The fourth-order valence-electron chi connectivity index (χ4n) is 0.975. The van der Waals surface area contributed by atoms with Crippen molar-refractivity contribution in [1.82, 2.24) is 14.7 Å². The van der Waals surface area contributed by atoms with Gasteiger partial charge in [-0.25, -0.2) is 0 Å². The first-order valence-electron chi connectivity index (χ1n) is 4.79. The van der Waals surface area contributed by atoms with E-state index in [4.69, 9.17) is 0 Å². The molecule has 0 aliphatic heterocycles. The van der Waals surface area contributed by atoms with E-state index in [0.717, 1.165) is 0 Å². The zero-order chi connectivity index (χ0) is 13.1. The lowest BCUT2D eigenvalue weighted by molar-refractivity contribution is -0.144. The van der Waals surface area contributed by atoms with E-state index in [1.165, 1.54) is 6.92 Å². The molecule has 0 radical (unpaired) electrons. The van der Waals surface area contributed by atoms with Crippen LogP contribution in [-0.2, 0) is 11.0 Å². The Balaban J connectivity index is 2.64. The molecule has 0 spiro atoms. The summed E-state index contributed by atoms with van der Waals surface area (Å²) in [6.07, 6.45) is -4.56. The number of hydrogen-bond acceptors (Lipinski definition) is 5. The zero-order valence-electron chi connectivity index (χ0n) is 9.13. The van der Waals surface area contributed by atoms with Crippen molar-refractivity contribution in [2.75, 3.05) is 11.9 Å². The molecule has 5 nitrogen and oxygen atoms in total. The minimum absolute atomic E-state index is 0.0314. The monoisotopic (exact) mass is 268 g/mol. The predicted octanol–water partition coefficient (Wildman–Crippen LogP) is 1.49. The van der Waals surface area contributed by atoms with Gasteiger partial charge in [0.25, 0.3) is 0 Å². The van der Waals surface area contributed by atoms with Crippen LogP contribution in [0, 0.1) is 0 Å². The van der Waals surface area contributed by atoms with E-state index in [9.17, 15) is 18.0 Å². The molecule has 1 aromatic heterocycles. The van der Waals surface area contributed by atoms with Gasteiger partial charge in [-0.1, -0.05) is 0 Å². The van der Waals surface area contributed by atoms with Crippen molar-refractivity contribution in [1.29, 1.82) is 0 Å². The zero-order valence-corrected chi connectivity index (χ0v) is 9.95. The lowest BCUT2D eigenvalue weighted by atomic mass is 10.3. The number of alkyl halides is 3. The first kappa shape index (κ1) is 13.7. The predicted molar refractivity (Wildman–Crippen MR) is 56.7 cm³/mol. The van der Waals surface area contributed by atoms with E-state index >= 15 is 0 Å². The number of carbonyl (C=O) groups is 1. The molecule has 1 rings (SSSR count). The largest absolute Gasteiger partial charge is 0.452 e. The first-order chi connectivity index (χ1) is 7.84. The van der Waals surface area contributed by atoms with E-state index in [2.05, 4.69) is 20.0 Å². The van der Waals surface area contributed by atoms with Crippen molar-refractivity contribution in [2.24, 2.45) is 0 Å². The Bertz CT molecular complexity index is 392. The molecular weight excluding hydrogens is 257 g/mol. The van der Waals surface area contributed by atoms with Gasteiger partial charge in [-0.05, 0) is 13.8 Å². The molecule has 0 aromatic carbocycles. The highest BCUT2D eigenvalue weighted by Crippen LogP contribution is 2.29. The summed E-state index contributed by atoms with van der Waals surface area (Å²) in [6.45, 7) is 3.73. The molecule has 0 aliphatic carbocycles. The average Bonchev–Trinajstić information content (AvgIpc) is 2.66. The molecular formula is C8H11F3N4OS. The van der Waals surface area contributed by atoms with Crippen LogP contribution in [0.25, 0.3) is 0 Å². The number of likely N-dealkylation sites (N-methyl/N-ethyl adjacent to an activating group) is 1. The SMILES string of the molecule is CCNC(=O)C(C)Nc1nc(C(F)(F)F)ns1. The molecule has 1 unspecified atom stereocenters. The number of hydrogen-bond donors (Lipinski definition) is 2. The van der Waals surface area contributed by atoms with Gasteiger partial charge in [0.2, 0.25) is 16.9 Å². The smallest absolute Gasteiger partial charge is 0.355 e. The Morgan fingerprint density at radius 1 is 1.53 bits per heavy atom. The van der Waals surface area contributed by atoms with Gasteiger partial charge in [-0.2, -0.15) is 22.5 Å². The molecule has 9 heteroatoms. The van der Waals surface area contributed by atoms with Crippen LogP contribution in [0.2, 0.25) is 0 Å². The van der Waals surface area contributed by atoms with Gasteiger partial charge in [-0.3, -0.25) is 4.79 Å². The number of aromatic nitrogens is 2. The molecule has 2 N–H and O–H groups in total. The van der Waals surface area contributed by atoms with Crippen molar-refractivity contribution in [3.05, 3.63) is 5.82 Å². The van der Waals surface area contributed by atoms with Crippen molar-refractivity contribution in [3.8, 4) is 0 Å². The highest BCUT2D eigenvalue weighted by Gasteiger charge is 2.36. The minimum atomic E-state index is -4.56. The molecule has 17 heavy (non-hydrogen) atoms. The van der Waals surface area contributed by atoms with Crippen LogP contribution in [0.15, 0.2) is 0 Å². The number of nitrogens with one attached hydrogen (secondary N) is 2. The Hall–Kier alpha value is -1.38. The van der Waals surface area contributed by atoms with Gasteiger partial charge in [0, 0.05) is 18.1 Å². The van der Waals surface area contributed by atoms with Crippen molar-refractivity contribution < 1.29 is 18.0 Å². The maximum atomic E-state index is 12.2. The number of carbonyl (C=O) groups excluding carboxylic acids is 1. The normalized spacial score (nSPS) is 13.2. The third-order valence-corrected chi connectivity index (χ3v) is 2.41. The molecule has 1 amide bonds. The maximum absolute atomic E-state index is 12.2. The van der Waals surface area contributed by atoms with Gasteiger partial charge in [0.1, 0.15) is 6.04 Å². The molecule has 0 fully saturated rings. The summed E-state index contributed by atoms with van der Waals surface area (Å²) >= 11 is 0.568. The molecule has 0 aliphatic rings. The second-order valence-corrected chi connectivity index (χ2v) is 3.93. The fraction of sp³-hybridized carbons (Fsp3) is 0.625. The number of nitrogens with zero attached hydrogens (tertiary/aromatic N) is 2. The van der Waals surface area contributed by atoms with E-state index in [0.29, 0.717) is 18.1 Å². The first-order valence-corrected chi connectivity index (χ1v) is 5.57. The Labute approximate surface area is 99.6 Å². The molecule has 1 aromatic rings. The summed E-state index contributed by atoms with van der Waals surface area (Å²) < 4.78 is 39.7. The fourth-order valence-corrected chi connectivity index (χ4v) is 1.65. The average molecular weight is 268 g/mol. The number of rotatable bonds is 4. The third kappa shape index (κ3) is 3.84. The standard InChI is InChI=1S/C8H11F3N4OS/c1-3-12-5(16)4(2)13-7-14-6(15-17-7)8(9,10)11/h4H,3H2,1-2H3,(H,12,16)(H,13,14,15). The third-order valence-electron chi connectivity index (χ3n) is 1.76. The topological polar surface area (TPSA) is 66.9 Å². The maximum Gasteiger partial charge on any atom is 0.452 e. The van der Waals surface area contributed by atoms with Gasteiger partial charge in [0.05, 0.1) is 0 Å². The van der Waals surface area contributed by atoms with Gasteiger partial charge >= 0.3 is 6.18 Å². The Morgan fingerprint density at radius 3 is 2.65 bits per heavy atom. The summed E-state index contributed by atoms with van der Waals surface area (Å²) in [4.78, 5) is 14.6.